The Morgan fingerprint density at radius 3 is 2.05 bits per heavy atom. The summed E-state index contributed by atoms with van der Waals surface area (Å²) in [6.07, 6.45) is 9.37. The molecule has 3 heterocycles. The van der Waals surface area contributed by atoms with Crippen molar-refractivity contribution in [1.29, 1.82) is 0 Å². The summed E-state index contributed by atoms with van der Waals surface area (Å²) >= 11 is 0. The smallest absolute Gasteiger partial charge is 0.136 e. The minimum absolute atomic E-state index is 0.0127. The lowest BCUT2D eigenvalue weighted by molar-refractivity contribution is 0.405. The van der Waals surface area contributed by atoms with Gasteiger partial charge in [-0.2, -0.15) is 0 Å². The fraction of sp³-hybridized carbons (Fsp3) is 0.0755. The van der Waals surface area contributed by atoms with E-state index in [1.165, 1.54) is 16.3 Å². The largest absolute Gasteiger partial charge is 0.352 e. The van der Waals surface area contributed by atoms with Crippen LogP contribution in [0, 0.1) is 0 Å². The molecule has 0 N–H and O–H groups in total. The number of aromatic nitrogens is 3. The molecule has 3 aromatic heterocycles. The summed E-state index contributed by atoms with van der Waals surface area (Å²) in [6.45, 7) is 8.82. The summed E-state index contributed by atoms with van der Waals surface area (Å²) in [5.41, 5.74) is 11.8. The molecule has 6 nitrogen and oxygen atoms in total. The van der Waals surface area contributed by atoms with Crippen molar-refractivity contribution in [3.63, 3.8) is 0 Å². The Balaban J connectivity index is 1.03. The molecule has 0 aliphatic carbocycles. The number of aliphatic imine (C=N–C) groups is 2. The number of hydrogen-bond acceptors (Lipinski definition) is 5. The van der Waals surface area contributed by atoms with Gasteiger partial charge in [-0.15, -0.1) is 0 Å². The summed E-state index contributed by atoms with van der Waals surface area (Å²) in [7, 11) is 2.12. The maximum absolute atomic E-state index is 5.30. The number of amidine groups is 1. The van der Waals surface area contributed by atoms with Gasteiger partial charge in [0.1, 0.15) is 5.84 Å². The Morgan fingerprint density at radius 2 is 1.24 bits per heavy atom. The van der Waals surface area contributed by atoms with Gasteiger partial charge in [-0.25, -0.2) is 4.99 Å². The highest BCUT2D eigenvalue weighted by Crippen LogP contribution is 2.33. The average molecular weight is 763 g/mol. The number of pyridine rings is 3. The number of benzene rings is 6. The van der Waals surface area contributed by atoms with Crippen LogP contribution in [0.15, 0.2) is 193 Å². The lowest BCUT2D eigenvalue weighted by Crippen LogP contribution is -2.30. The van der Waals surface area contributed by atoms with Gasteiger partial charge >= 0.3 is 0 Å². The third kappa shape index (κ3) is 7.40. The van der Waals surface area contributed by atoms with Crippen molar-refractivity contribution in [1.82, 2.24) is 19.9 Å². The zero-order chi connectivity index (χ0) is 40.3. The van der Waals surface area contributed by atoms with Crippen LogP contribution >= 0.6 is 0 Å². The first kappa shape index (κ1) is 37.0. The van der Waals surface area contributed by atoms with Crippen LogP contribution in [0.2, 0.25) is 0 Å². The van der Waals surface area contributed by atoms with E-state index in [0.717, 1.165) is 77.6 Å². The fourth-order valence-electron chi connectivity index (χ4n) is 7.79. The molecular formula is C53H42N6. The van der Waals surface area contributed by atoms with E-state index in [1.54, 1.807) is 6.20 Å². The summed E-state index contributed by atoms with van der Waals surface area (Å²) in [5, 5.41) is 5.66. The first-order chi connectivity index (χ1) is 28.9. The minimum Gasteiger partial charge on any atom is -0.352 e. The molecule has 0 amide bonds. The van der Waals surface area contributed by atoms with Gasteiger partial charge in [0, 0.05) is 53.6 Å². The second-order valence-electron chi connectivity index (χ2n) is 14.8. The number of rotatable bonds is 9. The molecule has 0 radical (unpaired) electrons. The fourth-order valence-corrected chi connectivity index (χ4v) is 7.79. The first-order valence-electron chi connectivity index (χ1n) is 19.8. The van der Waals surface area contributed by atoms with Crippen LogP contribution in [-0.2, 0) is 0 Å². The highest BCUT2D eigenvalue weighted by Gasteiger charge is 2.21. The Kier molecular flexibility index (Phi) is 10.1. The lowest BCUT2D eigenvalue weighted by Gasteiger charge is -2.30. The van der Waals surface area contributed by atoms with Crippen molar-refractivity contribution in [2.75, 3.05) is 7.05 Å². The zero-order valence-electron chi connectivity index (χ0n) is 33.3. The summed E-state index contributed by atoms with van der Waals surface area (Å²) in [6, 6.07) is 52.6. The Bertz CT molecular complexity index is 3100. The molecule has 9 aromatic rings. The molecule has 6 heteroatoms. The van der Waals surface area contributed by atoms with E-state index in [-0.39, 0.29) is 6.04 Å². The normalized spacial score (nSPS) is 12.8. The molecule has 0 saturated carbocycles. The average Bonchev–Trinajstić information content (AvgIpc) is 3.30. The molecule has 1 unspecified atom stereocenters. The molecule has 0 aliphatic rings. The Labute approximate surface area is 344 Å². The molecule has 284 valence electrons. The third-order valence-corrected chi connectivity index (χ3v) is 11.2. The molecular weight excluding hydrogens is 721 g/mol. The molecule has 1 atom stereocenters. The van der Waals surface area contributed by atoms with E-state index in [9.17, 15) is 0 Å². The van der Waals surface area contributed by atoms with Crippen LogP contribution in [-0.4, -0.2) is 38.9 Å². The van der Waals surface area contributed by atoms with E-state index < -0.39 is 0 Å². The van der Waals surface area contributed by atoms with Crippen LogP contribution < -0.4 is 0 Å². The molecule has 0 aliphatic heterocycles. The van der Waals surface area contributed by atoms with Crippen LogP contribution in [0.5, 0.6) is 0 Å². The summed E-state index contributed by atoms with van der Waals surface area (Å²) < 4.78 is 0. The zero-order valence-corrected chi connectivity index (χ0v) is 33.3. The Morgan fingerprint density at radius 1 is 0.593 bits per heavy atom. The van der Waals surface area contributed by atoms with E-state index in [2.05, 4.69) is 170 Å². The van der Waals surface area contributed by atoms with Gasteiger partial charge < -0.3 is 4.90 Å². The number of hydrogen-bond donors (Lipinski definition) is 0. The van der Waals surface area contributed by atoms with Crippen LogP contribution in [0.4, 0.5) is 5.69 Å². The first-order valence-corrected chi connectivity index (χ1v) is 19.8. The van der Waals surface area contributed by atoms with Gasteiger partial charge in [-0.05, 0) is 88.4 Å². The second kappa shape index (κ2) is 16.1. The summed E-state index contributed by atoms with van der Waals surface area (Å²) in [5.74, 6) is 0.830. The number of fused-ring (bicyclic) bond motifs is 5. The van der Waals surface area contributed by atoms with Gasteiger partial charge in [0.2, 0.25) is 0 Å². The van der Waals surface area contributed by atoms with Gasteiger partial charge in [0.05, 0.1) is 34.0 Å². The van der Waals surface area contributed by atoms with Crippen molar-refractivity contribution in [2.45, 2.75) is 19.9 Å². The predicted octanol–water partition coefficient (Wildman–Crippen LogP) is 13.1. The molecule has 0 saturated heterocycles. The SMILES string of the molecule is C=C(/N=C(/c1ccc(-c2ccnc3c2ccc2cccnc23)cc1)N(C)C(C)c1cccc2ccccc12)c1ccc(/C(C)=C/C=N\c2cccc3cccnc23)cc1. The second-order valence-corrected chi connectivity index (χ2v) is 14.8. The van der Waals surface area contributed by atoms with Crippen molar-refractivity contribution < 1.29 is 0 Å². The topological polar surface area (TPSA) is 66.6 Å². The van der Waals surface area contributed by atoms with E-state index in [1.807, 2.05) is 48.9 Å². The van der Waals surface area contributed by atoms with E-state index >= 15 is 0 Å². The number of allylic oxidation sites excluding steroid dienone is 2. The molecule has 0 spiro atoms. The number of nitrogens with zero attached hydrogens (tertiary/aromatic N) is 6. The van der Waals surface area contributed by atoms with Crippen molar-refractivity contribution in [3.8, 4) is 11.1 Å². The Hall–Kier alpha value is -7.57. The summed E-state index contributed by atoms with van der Waals surface area (Å²) in [4.78, 5) is 26.2. The monoisotopic (exact) mass is 762 g/mol. The van der Waals surface area contributed by atoms with E-state index in [0.29, 0.717) is 5.70 Å². The highest BCUT2D eigenvalue weighted by atomic mass is 15.2. The van der Waals surface area contributed by atoms with Crippen LogP contribution in [0.25, 0.3) is 65.9 Å². The highest BCUT2D eigenvalue weighted by molar-refractivity contribution is 6.08. The lowest BCUT2D eigenvalue weighted by atomic mass is 9.97. The van der Waals surface area contributed by atoms with Crippen molar-refractivity contribution in [3.05, 3.63) is 205 Å². The standard InChI is InChI=1S/C53H42N6/c1-35(29-33-54-49-18-8-13-42-14-9-31-55-50(42)49)38-19-21-39(22-20-38)36(2)58-53(59(4)37(3)45-17-7-12-40-11-5-6-16-46(40)45)44-25-23-41(24-26-44)47-30-34-57-52-48(47)28-27-43-15-10-32-56-51(43)52/h5-34,37H,2H2,1,3-4H3/b35-29+,54-33-,58-53-. The molecule has 6 aromatic carbocycles. The van der Waals surface area contributed by atoms with Crippen LogP contribution in [0.3, 0.4) is 0 Å². The number of para-hydroxylation sites is 1. The van der Waals surface area contributed by atoms with Gasteiger partial charge in [-0.1, -0.05) is 134 Å². The molecule has 0 fully saturated rings. The maximum Gasteiger partial charge on any atom is 0.136 e. The third-order valence-electron chi connectivity index (χ3n) is 11.2. The van der Waals surface area contributed by atoms with Crippen molar-refractivity contribution >= 4 is 72.5 Å². The molecule has 0 bridgehead atoms. The van der Waals surface area contributed by atoms with Gasteiger partial charge in [0.25, 0.3) is 0 Å². The molecule has 9 rings (SSSR count). The quantitative estimate of drug-likeness (QED) is 0.0834. The predicted molar refractivity (Wildman–Crippen MR) is 248 cm³/mol. The molecule has 59 heavy (non-hydrogen) atoms. The van der Waals surface area contributed by atoms with E-state index in [4.69, 9.17) is 15.0 Å². The minimum atomic E-state index is 0.0127. The van der Waals surface area contributed by atoms with Crippen molar-refractivity contribution in [2.24, 2.45) is 9.98 Å². The van der Waals surface area contributed by atoms with Gasteiger partial charge in [0.15, 0.2) is 0 Å². The van der Waals surface area contributed by atoms with Crippen LogP contribution in [0.1, 0.15) is 42.1 Å². The van der Waals surface area contributed by atoms with Gasteiger partial charge in [-0.3, -0.25) is 19.9 Å². The maximum atomic E-state index is 5.30.